The molecule has 7 nitrogen and oxygen atoms in total. The lowest BCUT2D eigenvalue weighted by Crippen LogP contribution is -2.16. The Hall–Kier alpha value is -2.18. The van der Waals surface area contributed by atoms with Gasteiger partial charge in [-0.05, 0) is 0 Å². The van der Waals surface area contributed by atoms with Gasteiger partial charge in [0.15, 0.2) is 0 Å². The second-order valence-electron chi connectivity index (χ2n) is 3.94. The maximum absolute atomic E-state index is 5.65. The summed E-state index contributed by atoms with van der Waals surface area (Å²) in [4.78, 5) is 18.5. The summed E-state index contributed by atoms with van der Waals surface area (Å²) >= 11 is 0. The first-order valence-corrected chi connectivity index (χ1v) is 5.20. The Labute approximate surface area is 99.3 Å². The fraction of sp³-hybridized carbons (Fsp3) is 0.400. The normalized spacial score (nSPS) is 10.5. The zero-order valence-electron chi connectivity index (χ0n) is 10.1. The highest BCUT2D eigenvalue weighted by Gasteiger charge is 2.09. The van der Waals surface area contributed by atoms with Crippen LogP contribution in [0.5, 0.6) is 0 Å². The largest absolute Gasteiger partial charge is 0.368 e. The van der Waals surface area contributed by atoms with Crippen LogP contribution in [0.2, 0.25) is 0 Å². The second kappa shape index (κ2) is 4.36. The minimum absolute atomic E-state index is 0.230. The maximum atomic E-state index is 5.65. The van der Waals surface area contributed by atoms with Gasteiger partial charge in [-0.25, -0.2) is 4.98 Å². The zero-order valence-corrected chi connectivity index (χ0v) is 10.1. The molecule has 0 atom stereocenters. The third-order valence-electron chi connectivity index (χ3n) is 2.32. The number of anilines is 2. The van der Waals surface area contributed by atoms with Crippen molar-refractivity contribution < 1.29 is 0 Å². The van der Waals surface area contributed by atoms with Crippen LogP contribution in [0.4, 0.5) is 11.9 Å². The average Bonchev–Trinajstić information content (AvgIpc) is 2.63. The molecule has 0 aromatic carbocycles. The molecular formula is C10H15N7. The number of nitrogens with two attached hydrogens (primary N) is 1. The molecule has 0 aliphatic rings. The molecule has 2 aromatic heterocycles. The highest BCUT2D eigenvalue weighted by atomic mass is 15.3. The summed E-state index contributed by atoms with van der Waals surface area (Å²) in [5, 5.41) is 0. The fourth-order valence-corrected chi connectivity index (χ4v) is 1.41. The van der Waals surface area contributed by atoms with Crippen molar-refractivity contribution in [2.75, 3.05) is 24.7 Å². The van der Waals surface area contributed by atoms with Gasteiger partial charge in [-0.1, -0.05) is 0 Å². The van der Waals surface area contributed by atoms with E-state index < -0.39 is 0 Å². The lowest BCUT2D eigenvalue weighted by atomic mass is 10.4. The van der Waals surface area contributed by atoms with Crippen LogP contribution in [-0.4, -0.2) is 38.6 Å². The Morgan fingerprint density at radius 1 is 1.29 bits per heavy atom. The molecule has 0 spiro atoms. The van der Waals surface area contributed by atoms with Crippen LogP contribution in [0, 0.1) is 0 Å². The summed E-state index contributed by atoms with van der Waals surface area (Å²) < 4.78 is 1.93. The predicted octanol–water partition coefficient (Wildman–Crippen LogP) is -0.156. The molecule has 0 saturated carbocycles. The van der Waals surface area contributed by atoms with E-state index in [1.165, 1.54) is 0 Å². The van der Waals surface area contributed by atoms with Gasteiger partial charge in [-0.3, -0.25) is 0 Å². The summed E-state index contributed by atoms with van der Waals surface area (Å²) in [5.74, 6) is 2.30. The summed E-state index contributed by atoms with van der Waals surface area (Å²) in [5.41, 5.74) is 5.65. The number of hydrogen-bond donors (Lipinski definition) is 1. The summed E-state index contributed by atoms with van der Waals surface area (Å²) in [6.45, 7) is 0. The molecule has 2 aromatic rings. The maximum Gasteiger partial charge on any atom is 0.229 e. The molecule has 0 unspecified atom stereocenters. The van der Waals surface area contributed by atoms with Gasteiger partial charge < -0.3 is 15.2 Å². The lowest BCUT2D eigenvalue weighted by molar-refractivity contribution is 0.786. The fourth-order valence-electron chi connectivity index (χ4n) is 1.41. The Kier molecular flexibility index (Phi) is 2.90. The van der Waals surface area contributed by atoms with Gasteiger partial charge in [0, 0.05) is 33.5 Å². The number of nitrogens with zero attached hydrogens (tertiary/aromatic N) is 6. The van der Waals surface area contributed by atoms with Crippen molar-refractivity contribution in [3.05, 3.63) is 24.0 Å². The molecule has 0 bridgehead atoms. The van der Waals surface area contributed by atoms with E-state index in [9.17, 15) is 0 Å². The first-order valence-electron chi connectivity index (χ1n) is 5.20. The molecule has 2 N–H and O–H groups in total. The van der Waals surface area contributed by atoms with E-state index >= 15 is 0 Å². The summed E-state index contributed by atoms with van der Waals surface area (Å²) in [7, 11) is 5.65. The van der Waals surface area contributed by atoms with Crippen molar-refractivity contribution in [1.29, 1.82) is 0 Å². The highest BCUT2D eigenvalue weighted by molar-refractivity contribution is 5.33. The van der Waals surface area contributed by atoms with E-state index in [-0.39, 0.29) is 5.95 Å². The van der Waals surface area contributed by atoms with Gasteiger partial charge >= 0.3 is 0 Å². The zero-order chi connectivity index (χ0) is 12.4. The van der Waals surface area contributed by atoms with Crippen LogP contribution in [0.25, 0.3) is 0 Å². The quantitative estimate of drug-likeness (QED) is 0.793. The predicted molar refractivity (Wildman–Crippen MR) is 64.6 cm³/mol. The molecule has 0 aliphatic carbocycles. The van der Waals surface area contributed by atoms with Crippen molar-refractivity contribution in [1.82, 2.24) is 24.5 Å². The monoisotopic (exact) mass is 233 g/mol. The molecule has 0 radical (unpaired) electrons. The minimum Gasteiger partial charge on any atom is -0.368 e. The SMILES string of the molecule is CN(C)c1nc(N)nc(Cc2nccn2C)n1. The van der Waals surface area contributed by atoms with Crippen LogP contribution in [0.15, 0.2) is 12.4 Å². The van der Waals surface area contributed by atoms with Crippen molar-refractivity contribution in [2.24, 2.45) is 7.05 Å². The van der Waals surface area contributed by atoms with Gasteiger partial charge in [0.1, 0.15) is 11.6 Å². The highest BCUT2D eigenvalue weighted by Crippen LogP contribution is 2.08. The van der Waals surface area contributed by atoms with E-state index in [2.05, 4.69) is 19.9 Å². The Balaban J connectivity index is 2.30. The molecule has 17 heavy (non-hydrogen) atoms. The van der Waals surface area contributed by atoms with E-state index in [0.29, 0.717) is 18.2 Å². The Bertz CT molecular complexity index is 517. The van der Waals surface area contributed by atoms with Crippen molar-refractivity contribution in [3.63, 3.8) is 0 Å². The number of imidazole rings is 1. The molecule has 0 aliphatic heterocycles. The van der Waals surface area contributed by atoms with E-state index in [1.807, 2.05) is 31.9 Å². The summed E-state index contributed by atoms with van der Waals surface area (Å²) in [6, 6.07) is 0. The summed E-state index contributed by atoms with van der Waals surface area (Å²) in [6.07, 6.45) is 4.16. The van der Waals surface area contributed by atoms with Gasteiger partial charge in [-0.15, -0.1) is 0 Å². The van der Waals surface area contributed by atoms with E-state index in [0.717, 1.165) is 5.82 Å². The topological polar surface area (TPSA) is 85.8 Å². The molecule has 2 rings (SSSR count). The Morgan fingerprint density at radius 3 is 2.65 bits per heavy atom. The van der Waals surface area contributed by atoms with Gasteiger partial charge in [0.05, 0.1) is 6.42 Å². The first kappa shape index (κ1) is 11.3. The molecule has 0 amide bonds. The molecule has 0 fully saturated rings. The molecule has 2 heterocycles. The van der Waals surface area contributed by atoms with Crippen molar-refractivity contribution in [2.45, 2.75) is 6.42 Å². The van der Waals surface area contributed by atoms with Crippen LogP contribution < -0.4 is 10.6 Å². The second-order valence-corrected chi connectivity index (χ2v) is 3.94. The van der Waals surface area contributed by atoms with E-state index in [4.69, 9.17) is 5.73 Å². The average molecular weight is 233 g/mol. The number of aromatic nitrogens is 5. The molecule has 0 saturated heterocycles. The van der Waals surface area contributed by atoms with Gasteiger partial charge in [-0.2, -0.15) is 15.0 Å². The number of rotatable bonds is 3. The van der Waals surface area contributed by atoms with Crippen LogP contribution >= 0.6 is 0 Å². The molecule has 7 heteroatoms. The number of aryl methyl sites for hydroxylation is 1. The van der Waals surface area contributed by atoms with Gasteiger partial charge in [0.2, 0.25) is 11.9 Å². The van der Waals surface area contributed by atoms with Crippen LogP contribution in [-0.2, 0) is 13.5 Å². The molecular weight excluding hydrogens is 218 g/mol. The minimum atomic E-state index is 0.230. The smallest absolute Gasteiger partial charge is 0.229 e. The standard InChI is InChI=1S/C10H15N7/c1-16(2)10-14-7(13-9(11)15-10)6-8-12-4-5-17(8)3/h4-5H,6H2,1-3H3,(H2,11,13,14,15). The first-order chi connectivity index (χ1) is 8.06. The number of nitrogen functional groups attached to an aromatic ring is 1. The third kappa shape index (κ3) is 2.49. The van der Waals surface area contributed by atoms with Crippen LogP contribution in [0.1, 0.15) is 11.6 Å². The Morgan fingerprint density at radius 2 is 2.06 bits per heavy atom. The van der Waals surface area contributed by atoms with Crippen molar-refractivity contribution in [3.8, 4) is 0 Å². The van der Waals surface area contributed by atoms with Crippen LogP contribution in [0.3, 0.4) is 0 Å². The third-order valence-corrected chi connectivity index (χ3v) is 2.32. The van der Waals surface area contributed by atoms with E-state index in [1.54, 1.807) is 11.1 Å². The number of hydrogen-bond acceptors (Lipinski definition) is 6. The van der Waals surface area contributed by atoms with Gasteiger partial charge in [0.25, 0.3) is 0 Å². The lowest BCUT2D eigenvalue weighted by Gasteiger charge is -2.11. The van der Waals surface area contributed by atoms with Crippen molar-refractivity contribution >= 4 is 11.9 Å². The molecule has 90 valence electrons.